The van der Waals surface area contributed by atoms with Gasteiger partial charge in [0.1, 0.15) is 0 Å². The first-order valence-electron chi connectivity index (χ1n) is 3.58. The van der Waals surface area contributed by atoms with E-state index in [1.807, 2.05) is 0 Å². The predicted molar refractivity (Wildman–Crippen MR) is 39.9 cm³/mol. The first-order chi connectivity index (χ1) is 5.56. The van der Waals surface area contributed by atoms with E-state index in [0.717, 1.165) is 0 Å². The summed E-state index contributed by atoms with van der Waals surface area (Å²) in [4.78, 5) is 19.0. The quantitative estimate of drug-likeness (QED) is 0.354. The molecule has 0 aliphatic rings. The Bertz CT molecular complexity index is 136. The van der Waals surface area contributed by atoms with Crippen LogP contribution in [0.3, 0.4) is 0 Å². The van der Waals surface area contributed by atoms with Crippen LogP contribution < -0.4 is 0 Å². The van der Waals surface area contributed by atoms with Gasteiger partial charge < -0.3 is 9.47 Å². The van der Waals surface area contributed by atoms with Crippen molar-refractivity contribution >= 4 is 5.97 Å². The molecule has 0 aliphatic heterocycles. The molecule has 72 valence electrons. The molecule has 5 nitrogen and oxygen atoms in total. The molecule has 12 heavy (non-hydrogen) atoms. The van der Waals surface area contributed by atoms with E-state index < -0.39 is 18.5 Å². The third-order valence-corrected chi connectivity index (χ3v) is 1.02. The molecule has 0 bridgehead atoms. The zero-order valence-electron chi connectivity index (χ0n) is 7.70. The van der Waals surface area contributed by atoms with E-state index in [4.69, 9.17) is 9.47 Å². The Morgan fingerprint density at radius 1 is 1.25 bits per heavy atom. The van der Waals surface area contributed by atoms with Crippen LogP contribution in [-0.4, -0.2) is 25.7 Å². The molecule has 0 saturated carbocycles. The number of carbonyl (C=O) groups excluding carboxylic acids is 1. The van der Waals surface area contributed by atoms with Crippen molar-refractivity contribution in [2.45, 2.75) is 33.4 Å². The summed E-state index contributed by atoms with van der Waals surface area (Å²) in [6, 6.07) is 0. The fourth-order valence-corrected chi connectivity index (χ4v) is 0.484. The fourth-order valence-electron chi connectivity index (χ4n) is 0.484. The third-order valence-electron chi connectivity index (χ3n) is 1.02. The molecule has 0 spiro atoms. The molecule has 0 fully saturated rings. The topological polar surface area (TPSA) is 54.0 Å². The van der Waals surface area contributed by atoms with Gasteiger partial charge in [-0.25, -0.2) is 4.79 Å². The van der Waals surface area contributed by atoms with E-state index in [1.54, 1.807) is 13.8 Å². The van der Waals surface area contributed by atoms with Gasteiger partial charge in [-0.1, -0.05) is 0 Å². The molecule has 0 aromatic rings. The summed E-state index contributed by atoms with van der Waals surface area (Å²) in [7, 11) is 1.50. The van der Waals surface area contributed by atoms with Crippen molar-refractivity contribution in [2.75, 3.05) is 7.11 Å². The Kier molecular flexibility index (Phi) is 5.61. The molecule has 0 rings (SSSR count). The van der Waals surface area contributed by atoms with Gasteiger partial charge in [0.25, 0.3) is 0 Å². The molecule has 0 heterocycles. The molecule has 0 N–H and O–H groups in total. The van der Waals surface area contributed by atoms with E-state index >= 15 is 0 Å². The molecule has 5 heteroatoms. The summed E-state index contributed by atoms with van der Waals surface area (Å²) in [6.07, 6.45) is -1.03. The summed E-state index contributed by atoms with van der Waals surface area (Å²) in [5, 5.41) is 0. The predicted octanol–water partition coefficient (Wildman–Crippen LogP) is 0.836. The van der Waals surface area contributed by atoms with Gasteiger partial charge in [0, 0.05) is 14.0 Å². The number of carbonyl (C=O) groups is 1. The lowest BCUT2D eigenvalue weighted by Crippen LogP contribution is -2.22. The number of methoxy groups -OCH3 is 1. The molecule has 0 amide bonds. The van der Waals surface area contributed by atoms with Crippen molar-refractivity contribution < 1.29 is 24.0 Å². The maximum Gasteiger partial charge on any atom is 0.339 e. The highest BCUT2D eigenvalue weighted by Crippen LogP contribution is 2.00. The standard InChI is InChI=1S/C7H14O5/c1-5(8)11-12-7(3)10-6(2)9-4/h6-7H,1-4H3. The highest BCUT2D eigenvalue weighted by molar-refractivity contribution is 5.65. The van der Waals surface area contributed by atoms with Gasteiger partial charge in [-0.2, -0.15) is 4.89 Å². The first-order valence-corrected chi connectivity index (χ1v) is 3.58. The van der Waals surface area contributed by atoms with Crippen molar-refractivity contribution in [3.05, 3.63) is 0 Å². The Morgan fingerprint density at radius 3 is 2.25 bits per heavy atom. The van der Waals surface area contributed by atoms with E-state index in [0.29, 0.717) is 0 Å². The Morgan fingerprint density at radius 2 is 1.83 bits per heavy atom. The average Bonchev–Trinajstić information content (AvgIpc) is 2.00. The van der Waals surface area contributed by atoms with Crippen molar-refractivity contribution in [2.24, 2.45) is 0 Å². The molecular formula is C7H14O5. The SMILES string of the molecule is COC(C)OC(C)OOC(C)=O. The summed E-state index contributed by atoms with van der Waals surface area (Å²) in [6.45, 7) is 4.54. The lowest BCUT2D eigenvalue weighted by Gasteiger charge is -2.15. The molecular weight excluding hydrogens is 164 g/mol. The third kappa shape index (κ3) is 6.09. The van der Waals surface area contributed by atoms with E-state index in [9.17, 15) is 4.79 Å². The minimum absolute atomic E-state index is 0.393. The van der Waals surface area contributed by atoms with Gasteiger partial charge in [-0.3, -0.25) is 4.89 Å². The van der Waals surface area contributed by atoms with E-state index in [2.05, 4.69) is 9.78 Å². The first kappa shape index (κ1) is 11.4. The summed E-state index contributed by atoms with van der Waals surface area (Å²) < 4.78 is 9.81. The van der Waals surface area contributed by atoms with Crippen LogP contribution in [0, 0.1) is 0 Å². The van der Waals surface area contributed by atoms with Crippen LogP contribution >= 0.6 is 0 Å². The smallest absolute Gasteiger partial charge is 0.339 e. The van der Waals surface area contributed by atoms with Gasteiger partial charge in [-0.15, -0.1) is 0 Å². The summed E-state index contributed by atoms with van der Waals surface area (Å²) >= 11 is 0. The van der Waals surface area contributed by atoms with Gasteiger partial charge in [0.2, 0.25) is 6.29 Å². The normalized spacial score (nSPS) is 15.3. The molecule has 0 radical (unpaired) electrons. The second-order valence-electron chi connectivity index (χ2n) is 2.18. The second kappa shape index (κ2) is 5.93. The van der Waals surface area contributed by atoms with Gasteiger partial charge in [0.15, 0.2) is 6.29 Å². The zero-order chi connectivity index (χ0) is 9.56. The van der Waals surface area contributed by atoms with Crippen molar-refractivity contribution in [3.63, 3.8) is 0 Å². The van der Waals surface area contributed by atoms with Crippen LogP contribution in [0.25, 0.3) is 0 Å². The van der Waals surface area contributed by atoms with Crippen LogP contribution in [0.4, 0.5) is 0 Å². The number of ether oxygens (including phenoxy) is 2. The Balaban J connectivity index is 3.45. The Labute approximate surface area is 71.5 Å². The highest BCUT2D eigenvalue weighted by Gasteiger charge is 2.09. The summed E-state index contributed by atoms with van der Waals surface area (Å²) in [5.74, 6) is -0.518. The van der Waals surface area contributed by atoms with Crippen LogP contribution in [0.2, 0.25) is 0 Å². The maximum absolute atomic E-state index is 10.3. The molecule has 2 unspecified atom stereocenters. The Hall–Kier alpha value is -0.650. The van der Waals surface area contributed by atoms with Crippen LogP contribution in [0.15, 0.2) is 0 Å². The molecule has 0 aliphatic carbocycles. The van der Waals surface area contributed by atoms with Gasteiger partial charge in [0.05, 0.1) is 0 Å². The van der Waals surface area contributed by atoms with Gasteiger partial charge >= 0.3 is 5.97 Å². The van der Waals surface area contributed by atoms with E-state index in [-0.39, 0.29) is 0 Å². The summed E-state index contributed by atoms with van der Waals surface area (Å²) in [5.41, 5.74) is 0. The molecule has 0 aromatic heterocycles. The second-order valence-corrected chi connectivity index (χ2v) is 2.18. The molecule has 2 atom stereocenters. The highest BCUT2D eigenvalue weighted by atomic mass is 17.2. The van der Waals surface area contributed by atoms with Crippen LogP contribution in [-0.2, 0) is 24.0 Å². The number of hydrogen-bond donors (Lipinski definition) is 0. The number of hydrogen-bond acceptors (Lipinski definition) is 5. The van der Waals surface area contributed by atoms with Crippen LogP contribution in [0.1, 0.15) is 20.8 Å². The zero-order valence-corrected chi connectivity index (χ0v) is 7.70. The monoisotopic (exact) mass is 178 g/mol. The number of rotatable bonds is 5. The minimum atomic E-state index is -0.635. The minimum Gasteiger partial charge on any atom is -0.356 e. The fraction of sp³-hybridized carbons (Fsp3) is 0.857. The maximum atomic E-state index is 10.3. The molecule has 0 saturated heterocycles. The van der Waals surface area contributed by atoms with Crippen molar-refractivity contribution in [1.82, 2.24) is 0 Å². The lowest BCUT2D eigenvalue weighted by molar-refractivity contribution is -0.366. The van der Waals surface area contributed by atoms with E-state index in [1.165, 1.54) is 14.0 Å². The van der Waals surface area contributed by atoms with Crippen molar-refractivity contribution in [1.29, 1.82) is 0 Å². The average molecular weight is 178 g/mol. The molecule has 0 aromatic carbocycles. The largest absolute Gasteiger partial charge is 0.356 e. The van der Waals surface area contributed by atoms with Crippen molar-refractivity contribution in [3.8, 4) is 0 Å². The van der Waals surface area contributed by atoms with Gasteiger partial charge in [-0.05, 0) is 13.8 Å². The lowest BCUT2D eigenvalue weighted by atomic mass is 10.7. The van der Waals surface area contributed by atoms with Crippen LogP contribution in [0.5, 0.6) is 0 Å².